The quantitative estimate of drug-likeness (QED) is 0.891. The Hall–Kier alpha value is -1.75. The fraction of sp³-hybridized carbons (Fsp3) is 0.438. The summed E-state index contributed by atoms with van der Waals surface area (Å²) in [5.41, 5.74) is 2.39. The lowest BCUT2D eigenvalue weighted by Crippen LogP contribution is -2.25. The molecule has 2 aromatic rings. The molecule has 1 aliphatic rings. The van der Waals surface area contributed by atoms with Crippen molar-refractivity contribution in [2.75, 3.05) is 6.54 Å². The highest BCUT2D eigenvalue weighted by Crippen LogP contribution is 2.27. The summed E-state index contributed by atoms with van der Waals surface area (Å²) in [5, 5.41) is 4.13. The van der Waals surface area contributed by atoms with Crippen LogP contribution in [0, 0.1) is 0 Å². The Morgan fingerprint density at radius 1 is 1.33 bits per heavy atom. The van der Waals surface area contributed by atoms with Gasteiger partial charge in [0.15, 0.2) is 0 Å². The first kappa shape index (κ1) is 14.2. The molecule has 0 spiro atoms. The van der Waals surface area contributed by atoms with Crippen LogP contribution < -0.4 is 5.32 Å². The van der Waals surface area contributed by atoms with E-state index in [9.17, 15) is 4.79 Å². The van der Waals surface area contributed by atoms with Crippen LogP contribution in [0.2, 0.25) is 0 Å². The first-order chi connectivity index (χ1) is 10.3. The molecule has 0 saturated carbocycles. The van der Waals surface area contributed by atoms with Crippen LogP contribution in [0.5, 0.6) is 0 Å². The number of nitrogens with zero attached hydrogens (tertiary/aromatic N) is 2. The normalized spacial score (nSPS) is 13.1. The fourth-order valence-electron chi connectivity index (χ4n) is 2.55. The summed E-state index contributed by atoms with van der Waals surface area (Å²) in [6.07, 6.45) is 9.22. The third-order valence-corrected chi connectivity index (χ3v) is 4.88. The minimum absolute atomic E-state index is 0.1000. The molecular formula is C16H19N3OS. The van der Waals surface area contributed by atoms with E-state index in [1.54, 1.807) is 6.20 Å². The molecule has 0 atom stereocenters. The van der Waals surface area contributed by atoms with Gasteiger partial charge < -0.3 is 5.32 Å². The fourth-order valence-corrected chi connectivity index (χ4v) is 3.71. The molecule has 110 valence electrons. The van der Waals surface area contributed by atoms with Crippen molar-refractivity contribution in [3.05, 3.63) is 45.7 Å². The van der Waals surface area contributed by atoms with Gasteiger partial charge in [-0.15, -0.1) is 11.3 Å². The molecule has 5 heteroatoms. The first-order valence-electron chi connectivity index (χ1n) is 7.44. The van der Waals surface area contributed by atoms with Gasteiger partial charge in [0.05, 0.1) is 10.7 Å². The van der Waals surface area contributed by atoms with Gasteiger partial charge in [-0.1, -0.05) is 6.07 Å². The Balaban J connectivity index is 1.37. The second kappa shape index (κ2) is 6.80. The number of carbonyl (C=O) groups is 1. The number of carbonyl (C=O) groups excluding carboxylic acids is 1. The van der Waals surface area contributed by atoms with Crippen molar-refractivity contribution in [3.63, 3.8) is 0 Å². The third-order valence-electron chi connectivity index (χ3n) is 3.66. The molecule has 0 unspecified atom stereocenters. The highest BCUT2D eigenvalue weighted by molar-refractivity contribution is 7.11. The molecule has 0 aliphatic heterocycles. The number of nitrogens with one attached hydrogen (secondary N) is 1. The summed E-state index contributed by atoms with van der Waals surface area (Å²) < 4.78 is 0. The molecule has 3 rings (SSSR count). The SMILES string of the molecule is O=C(CCc1cccnc1)NCCc1nc2c(s1)CCC2. The Morgan fingerprint density at radius 2 is 2.29 bits per heavy atom. The number of aryl methyl sites for hydroxylation is 3. The molecule has 0 radical (unpaired) electrons. The molecule has 0 aromatic carbocycles. The number of pyridine rings is 1. The van der Waals surface area contributed by atoms with Crippen molar-refractivity contribution >= 4 is 17.2 Å². The average Bonchev–Trinajstić information content (AvgIpc) is 3.07. The van der Waals surface area contributed by atoms with Crippen LogP contribution in [0.3, 0.4) is 0 Å². The molecule has 0 saturated heterocycles. The number of amides is 1. The Bertz CT molecular complexity index is 588. The lowest BCUT2D eigenvalue weighted by atomic mass is 10.1. The monoisotopic (exact) mass is 301 g/mol. The number of hydrogen-bond donors (Lipinski definition) is 1. The van der Waals surface area contributed by atoms with Crippen LogP contribution in [0.4, 0.5) is 0 Å². The van der Waals surface area contributed by atoms with E-state index in [0.29, 0.717) is 13.0 Å². The first-order valence-corrected chi connectivity index (χ1v) is 8.26. The highest BCUT2D eigenvalue weighted by Gasteiger charge is 2.16. The third kappa shape index (κ3) is 3.88. The van der Waals surface area contributed by atoms with Gasteiger partial charge in [-0.2, -0.15) is 0 Å². The lowest BCUT2D eigenvalue weighted by Gasteiger charge is -2.04. The van der Waals surface area contributed by atoms with Crippen LogP contribution in [0.1, 0.15) is 34.0 Å². The maximum Gasteiger partial charge on any atom is 0.220 e. The van der Waals surface area contributed by atoms with E-state index < -0.39 is 0 Å². The number of hydrogen-bond acceptors (Lipinski definition) is 4. The molecule has 0 fully saturated rings. The van der Waals surface area contributed by atoms with Crippen molar-refractivity contribution in [1.29, 1.82) is 0 Å². The highest BCUT2D eigenvalue weighted by atomic mass is 32.1. The van der Waals surface area contributed by atoms with Gasteiger partial charge in [-0.25, -0.2) is 4.98 Å². The molecule has 1 N–H and O–H groups in total. The van der Waals surface area contributed by atoms with E-state index in [1.165, 1.54) is 23.4 Å². The maximum atomic E-state index is 11.8. The van der Waals surface area contributed by atoms with E-state index in [2.05, 4.69) is 15.3 Å². The zero-order valence-electron chi connectivity index (χ0n) is 12.0. The topological polar surface area (TPSA) is 54.9 Å². The van der Waals surface area contributed by atoms with E-state index in [4.69, 9.17) is 0 Å². The van der Waals surface area contributed by atoms with Gasteiger partial charge in [-0.05, 0) is 37.3 Å². The second-order valence-electron chi connectivity index (χ2n) is 5.29. The summed E-state index contributed by atoms with van der Waals surface area (Å²) in [5.74, 6) is 0.1000. The van der Waals surface area contributed by atoms with Crippen molar-refractivity contribution in [3.8, 4) is 0 Å². The van der Waals surface area contributed by atoms with E-state index in [1.807, 2.05) is 29.7 Å². The lowest BCUT2D eigenvalue weighted by molar-refractivity contribution is -0.121. The van der Waals surface area contributed by atoms with Crippen LogP contribution in [-0.4, -0.2) is 22.4 Å². The van der Waals surface area contributed by atoms with Crippen molar-refractivity contribution < 1.29 is 4.79 Å². The van der Waals surface area contributed by atoms with Crippen molar-refractivity contribution in [1.82, 2.24) is 15.3 Å². The maximum absolute atomic E-state index is 11.8. The van der Waals surface area contributed by atoms with Gasteiger partial charge in [0.2, 0.25) is 5.91 Å². The minimum Gasteiger partial charge on any atom is -0.356 e. The molecule has 2 heterocycles. The molecule has 1 aliphatic carbocycles. The minimum atomic E-state index is 0.1000. The van der Waals surface area contributed by atoms with Crippen LogP contribution in [0.25, 0.3) is 0 Å². The molecule has 2 aromatic heterocycles. The van der Waals surface area contributed by atoms with E-state index in [-0.39, 0.29) is 5.91 Å². The summed E-state index contributed by atoms with van der Waals surface area (Å²) in [4.78, 5) is 21.9. The van der Waals surface area contributed by atoms with Gasteiger partial charge in [0.1, 0.15) is 0 Å². The summed E-state index contributed by atoms with van der Waals surface area (Å²) in [7, 11) is 0. The summed E-state index contributed by atoms with van der Waals surface area (Å²) >= 11 is 1.81. The largest absolute Gasteiger partial charge is 0.356 e. The van der Waals surface area contributed by atoms with Gasteiger partial charge in [0.25, 0.3) is 0 Å². The Kier molecular flexibility index (Phi) is 4.60. The molecule has 4 nitrogen and oxygen atoms in total. The van der Waals surface area contributed by atoms with Crippen molar-refractivity contribution in [2.24, 2.45) is 0 Å². The van der Waals surface area contributed by atoms with Gasteiger partial charge in [0, 0.05) is 36.7 Å². The number of thiazole rings is 1. The Labute approximate surface area is 128 Å². The van der Waals surface area contributed by atoms with Crippen LogP contribution in [0.15, 0.2) is 24.5 Å². The number of rotatable bonds is 6. The molecule has 21 heavy (non-hydrogen) atoms. The summed E-state index contributed by atoms with van der Waals surface area (Å²) in [6.45, 7) is 0.679. The zero-order valence-corrected chi connectivity index (χ0v) is 12.8. The molecule has 0 bridgehead atoms. The standard InChI is InChI=1S/C16H19N3OS/c20-15(7-6-12-3-2-9-17-11-12)18-10-8-16-19-13-4-1-5-14(13)21-16/h2-3,9,11H,1,4-8,10H2,(H,18,20). The van der Waals surface area contributed by atoms with E-state index in [0.717, 1.165) is 29.8 Å². The van der Waals surface area contributed by atoms with Gasteiger partial charge in [-0.3, -0.25) is 9.78 Å². The van der Waals surface area contributed by atoms with Crippen molar-refractivity contribution in [2.45, 2.75) is 38.5 Å². The zero-order chi connectivity index (χ0) is 14.5. The predicted molar refractivity (Wildman–Crippen MR) is 83.4 cm³/mol. The number of fused-ring (bicyclic) bond motifs is 1. The molecule has 1 amide bonds. The van der Waals surface area contributed by atoms with E-state index >= 15 is 0 Å². The second-order valence-corrected chi connectivity index (χ2v) is 6.46. The Morgan fingerprint density at radius 3 is 3.10 bits per heavy atom. The van der Waals surface area contributed by atoms with Crippen LogP contribution >= 0.6 is 11.3 Å². The average molecular weight is 301 g/mol. The number of aromatic nitrogens is 2. The predicted octanol–water partition coefficient (Wildman–Crippen LogP) is 2.32. The van der Waals surface area contributed by atoms with Crippen LogP contribution in [-0.2, 0) is 30.5 Å². The molecular weight excluding hydrogens is 282 g/mol. The smallest absolute Gasteiger partial charge is 0.220 e. The summed E-state index contributed by atoms with van der Waals surface area (Å²) in [6, 6.07) is 3.90. The van der Waals surface area contributed by atoms with Gasteiger partial charge >= 0.3 is 0 Å².